The predicted octanol–water partition coefficient (Wildman–Crippen LogP) is 4.61. The number of aromatic nitrogens is 3. The van der Waals surface area contributed by atoms with Crippen molar-refractivity contribution >= 4 is 22.6 Å². The van der Waals surface area contributed by atoms with Gasteiger partial charge in [0.15, 0.2) is 17.4 Å². The molecule has 0 aliphatic carbocycles. The number of pyridine rings is 1. The summed E-state index contributed by atoms with van der Waals surface area (Å²) in [6.45, 7) is 5.36. The molecule has 2 saturated heterocycles. The van der Waals surface area contributed by atoms with E-state index in [1.165, 1.54) is 31.2 Å². The number of benzene rings is 2. The number of Topliss-reactive ketones (excluding diaryl/α,β-unsaturated/α-hetero) is 1. The molecule has 4 aromatic rings. The SMILES string of the molecule is CC(=O)c1cc(F)c2nc(CN3CCN(c4ccc(F)c(OCc5ccc(C#N)cc5F)n4)CC3)n(C[C@@H]3CCO3)c2c1. The maximum absolute atomic E-state index is 15.0. The molecular formula is C31H29F3N6O3. The highest BCUT2D eigenvalue weighted by Gasteiger charge is 2.26. The van der Waals surface area contributed by atoms with Gasteiger partial charge in [-0.15, -0.1) is 0 Å². The van der Waals surface area contributed by atoms with E-state index < -0.39 is 17.5 Å². The largest absolute Gasteiger partial charge is 0.471 e. The van der Waals surface area contributed by atoms with Gasteiger partial charge in [-0.3, -0.25) is 9.69 Å². The average molecular weight is 591 g/mol. The van der Waals surface area contributed by atoms with E-state index in [4.69, 9.17) is 14.7 Å². The van der Waals surface area contributed by atoms with Gasteiger partial charge in [0.05, 0.1) is 36.3 Å². The molecule has 0 bridgehead atoms. The summed E-state index contributed by atoms with van der Waals surface area (Å²) in [6.07, 6.45) is 0.928. The molecule has 2 aliphatic rings. The van der Waals surface area contributed by atoms with Crippen LogP contribution in [0.2, 0.25) is 0 Å². The number of hydrogen-bond acceptors (Lipinski definition) is 8. The summed E-state index contributed by atoms with van der Waals surface area (Å²) in [7, 11) is 0. The van der Waals surface area contributed by atoms with Gasteiger partial charge in [0.2, 0.25) is 0 Å². The number of carbonyl (C=O) groups excluding carboxylic acids is 1. The van der Waals surface area contributed by atoms with Crippen LogP contribution in [0, 0.1) is 28.8 Å². The molecule has 6 rings (SSSR count). The fourth-order valence-electron chi connectivity index (χ4n) is 5.30. The van der Waals surface area contributed by atoms with Gasteiger partial charge in [-0.25, -0.2) is 18.2 Å². The number of rotatable bonds is 9. The van der Waals surface area contributed by atoms with Crippen molar-refractivity contribution in [2.24, 2.45) is 0 Å². The lowest BCUT2D eigenvalue weighted by atomic mass is 10.1. The smallest absolute Gasteiger partial charge is 0.252 e. The van der Waals surface area contributed by atoms with E-state index >= 15 is 0 Å². The normalized spacial score (nSPS) is 17.1. The first kappa shape index (κ1) is 28.6. The number of carbonyl (C=O) groups is 1. The van der Waals surface area contributed by atoms with Crippen LogP contribution in [0.4, 0.5) is 19.0 Å². The van der Waals surface area contributed by atoms with Crippen LogP contribution in [0.5, 0.6) is 5.88 Å². The van der Waals surface area contributed by atoms with Crippen molar-refractivity contribution in [1.29, 1.82) is 5.26 Å². The maximum atomic E-state index is 15.0. The molecular weight excluding hydrogens is 561 g/mol. The first-order valence-electron chi connectivity index (χ1n) is 14.1. The summed E-state index contributed by atoms with van der Waals surface area (Å²) in [6, 6.07) is 11.7. The van der Waals surface area contributed by atoms with Crippen molar-refractivity contribution in [3.05, 3.63) is 82.4 Å². The van der Waals surface area contributed by atoms with E-state index in [1.54, 1.807) is 12.1 Å². The van der Waals surface area contributed by atoms with Crippen molar-refractivity contribution in [3.8, 4) is 11.9 Å². The molecule has 12 heteroatoms. The van der Waals surface area contributed by atoms with Crippen LogP contribution in [-0.4, -0.2) is 64.1 Å². The number of ether oxygens (including phenoxy) is 2. The summed E-state index contributed by atoms with van der Waals surface area (Å²) < 4.78 is 56.8. The lowest BCUT2D eigenvalue weighted by Gasteiger charge is -2.35. The van der Waals surface area contributed by atoms with E-state index in [2.05, 4.69) is 14.9 Å². The molecule has 9 nitrogen and oxygen atoms in total. The van der Waals surface area contributed by atoms with Crippen molar-refractivity contribution in [3.63, 3.8) is 0 Å². The van der Waals surface area contributed by atoms with Crippen LogP contribution in [0.1, 0.15) is 40.7 Å². The van der Waals surface area contributed by atoms with Gasteiger partial charge in [0.1, 0.15) is 29.6 Å². The minimum Gasteiger partial charge on any atom is -0.471 e. The second-order valence-corrected chi connectivity index (χ2v) is 10.7. The summed E-state index contributed by atoms with van der Waals surface area (Å²) in [4.78, 5) is 25.2. The first-order chi connectivity index (χ1) is 20.8. The van der Waals surface area contributed by atoms with Gasteiger partial charge in [-0.2, -0.15) is 10.2 Å². The highest BCUT2D eigenvalue weighted by atomic mass is 19.1. The molecule has 2 aliphatic heterocycles. The van der Waals surface area contributed by atoms with Crippen LogP contribution < -0.4 is 9.64 Å². The number of halogens is 3. The van der Waals surface area contributed by atoms with Crippen molar-refractivity contribution in [2.75, 3.05) is 37.7 Å². The zero-order valence-corrected chi connectivity index (χ0v) is 23.5. The first-order valence-corrected chi connectivity index (χ1v) is 14.1. The number of nitrogens with zero attached hydrogens (tertiary/aromatic N) is 6. The lowest BCUT2D eigenvalue weighted by Crippen LogP contribution is -2.46. The number of fused-ring (bicyclic) bond motifs is 1. The number of anilines is 1. The van der Waals surface area contributed by atoms with E-state index in [-0.39, 0.29) is 41.0 Å². The molecule has 2 fully saturated rings. The van der Waals surface area contributed by atoms with Crippen molar-refractivity contribution < 1.29 is 27.4 Å². The van der Waals surface area contributed by atoms with Crippen LogP contribution in [0.3, 0.4) is 0 Å². The summed E-state index contributed by atoms with van der Waals surface area (Å²) in [5, 5.41) is 8.91. The fourth-order valence-corrected chi connectivity index (χ4v) is 5.30. The van der Waals surface area contributed by atoms with Crippen LogP contribution in [0.15, 0.2) is 42.5 Å². The number of piperazine rings is 1. The number of imidazole rings is 1. The summed E-state index contributed by atoms with van der Waals surface area (Å²) >= 11 is 0. The molecule has 0 amide bonds. The highest BCUT2D eigenvalue weighted by Crippen LogP contribution is 2.27. The lowest BCUT2D eigenvalue weighted by molar-refractivity contribution is -0.0592. The van der Waals surface area contributed by atoms with Crippen LogP contribution in [0.25, 0.3) is 11.0 Å². The zero-order chi connectivity index (χ0) is 30.1. The third kappa shape index (κ3) is 6.04. The number of hydrogen-bond donors (Lipinski definition) is 0. The Bertz CT molecular complexity index is 1720. The standard InChI is InChI=1S/C31H29F3N6O3/c1-19(41)22-13-26(34)30-27(14-22)40(16-23-6-11-42-23)29(36-30)17-38-7-9-39(10-8-38)28-5-4-24(32)31(37-28)43-18-21-3-2-20(15-35)12-25(21)33/h2-5,12-14,23H,6-11,16-18H2,1H3/t23-/m0/s1. The second kappa shape index (κ2) is 12.0. The van der Waals surface area contributed by atoms with Crippen LogP contribution >= 0.6 is 0 Å². The molecule has 0 saturated carbocycles. The monoisotopic (exact) mass is 590 g/mol. The van der Waals surface area contributed by atoms with E-state index in [0.29, 0.717) is 68.6 Å². The zero-order valence-electron chi connectivity index (χ0n) is 23.5. The Hall–Kier alpha value is -4.47. The van der Waals surface area contributed by atoms with Crippen LogP contribution in [-0.2, 0) is 24.4 Å². The van der Waals surface area contributed by atoms with E-state index in [9.17, 15) is 18.0 Å². The van der Waals surface area contributed by atoms with Gasteiger partial charge < -0.3 is 18.9 Å². The Labute approximate surface area is 246 Å². The van der Waals surface area contributed by atoms with Gasteiger partial charge in [0, 0.05) is 43.9 Å². The average Bonchev–Trinajstić information content (AvgIpc) is 3.32. The third-order valence-corrected chi connectivity index (χ3v) is 7.88. The fraction of sp³-hybridized carbons (Fsp3) is 0.355. The molecule has 0 spiro atoms. The van der Waals surface area contributed by atoms with Gasteiger partial charge in [-0.05, 0) is 49.7 Å². The van der Waals surface area contributed by atoms with Gasteiger partial charge >= 0.3 is 0 Å². The number of nitriles is 1. The second-order valence-electron chi connectivity index (χ2n) is 10.7. The predicted molar refractivity (Wildman–Crippen MR) is 151 cm³/mol. The minimum absolute atomic E-state index is 0.0198. The third-order valence-electron chi connectivity index (χ3n) is 7.88. The molecule has 222 valence electrons. The quantitative estimate of drug-likeness (QED) is 0.261. The van der Waals surface area contributed by atoms with E-state index in [1.807, 2.05) is 15.5 Å². The molecule has 0 unspecified atom stereocenters. The molecule has 0 radical (unpaired) electrons. The van der Waals surface area contributed by atoms with Crippen molar-refractivity contribution in [2.45, 2.75) is 39.1 Å². The van der Waals surface area contributed by atoms with Gasteiger partial charge in [-0.1, -0.05) is 6.07 Å². The van der Waals surface area contributed by atoms with E-state index in [0.717, 1.165) is 12.5 Å². The summed E-state index contributed by atoms with van der Waals surface area (Å²) in [5.74, 6) is -1.01. The Morgan fingerprint density at radius 2 is 1.84 bits per heavy atom. The Kier molecular flexibility index (Phi) is 8.01. The Morgan fingerprint density at radius 3 is 2.51 bits per heavy atom. The molecule has 43 heavy (non-hydrogen) atoms. The molecule has 2 aromatic heterocycles. The maximum Gasteiger partial charge on any atom is 0.252 e. The molecule has 0 N–H and O–H groups in total. The molecule has 4 heterocycles. The van der Waals surface area contributed by atoms with Gasteiger partial charge in [0.25, 0.3) is 5.88 Å². The highest BCUT2D eigenvalue weighted by molar-refractivity contribution is 5.97. The molecule has 1 atom stereocenters. The minimum atomic E-state index is -0.661. The topological polar surface area (TPSA) is 96.5 Å². The Balaban J connectivity index is 1.14. The number of ketones is 1. The summed E-state index contributed by atoms with van der Waals surface area (Å²) in [5.41, 5.74) is 1.50. The molecule has 2 aromatic carbocycles. The van der Waals surface area contributed by atoms with Crippen molar-refractivity contribution in [1.82, 2.24) is 19.4 Å². The Morgan fingerprint density at radius 1 is 1.05 bits per heavy atom.